The second kappa shape index (κ2) is 4.46. The Bertz CT molecular complexity index is 335. The molecule has 0 aliphatic rings. The van der Waals surface area contributed by atoms with Gasteiger partial charge in [-0.05, 0) is 26.0 Å². The summed E-state index contributed by atoms with van der Waals surface area (Å²) in [6.45, 7) is 7.09. The summed E-state index contributed by atoms with van der Waals surface area (Å²) >= 11 is 0. The Morgan fingerprint density at radius 3 is 2.36 bits per heavy atom. The van der Waals surface area contributed by atoms with E-state index in [9.17, 15) is 4.79 Å². The van der Waals surface area contributed by atoms with Crippen LogP contribution in [0.3, 0.4) is 0 Å². The van der Waals surface area contributed by atoms with E-state index in [1.807, 2.05) is 19.9 Å². The van der Waals surface area contributed by atoms with Crippen molar-refractivity contribution in [3.8, 4) is 0 Å². The van der Waals surface area contributed by atoms with Gasteiger partial charge >= 0.3 is 5.97 Å². The molecule has 0 aromatic heterocycles. The van der Waals surface area contributed by atoms with Gasteiger partial charge in [0.25, 0.3) is 0 Å². The van der Waals surface area contributed by atoms with E-state index in [4.69, 9.17) is 0 Å². The zero-order chi connectivity index (χ0) is 10.6. The summed E-state index contributed by atoms with van der Waals surface area (Å²) in [6, 6.07) is 5.45. The summed E-state index contributed by atoms with van der Waals surface area (Å²) in [4.78, 5) is 20.1. The van der Waals surface area contributed by atoms with Crippen molar-refractivity contribution in [2.24, 2.45) is 0 Å². The lowest BCUT2D eigenvalue weighted by Crippen LogP contribution is -2.04. The highest BCUT2D eigenvalue weighted by molar-refractivity contribution is 5.89. The summed E-state index contributed by atoms with van der Waals surface area (Å²) in [5.74, 6) is -0.517. The second-order valence-electron chi connectivity index (χ2n) is 3.01. The molecule has 0 atom stereocenters. The molecule has 14 heavy (non-hydrogen) atoms. The van der Waals surface area contributed by atoms with E-state index in [-0.39, 0.29) is 0 Å². The van der Waals surface area contributed by atoms with Crippen molar-refractivity contribution in [1.82, 2.24) is 0 Å². The number of carbonyl (C=O) groups is 1. The van der Waals surface area contributed by atoms with Crippen molar-refractivity contribution in [2.75, 3.05) is 0 Å². The average molecular weight is 192 g/mol. The fraction of sp³-hybridized carbons (Fsp3) is 0.182. The van der Waals surface area contributed by atoms with Crippen molar-refractivity contribution in [3.05, 3.63) is 47.7 Å². The Labute approximate surface area is 82.9 Å². The first-order valence-electron chi connectivity index (χ1n) is 4.20. The Hall–Kier alpha value is -1.77. The van der Waals surface area contributed by atoms with Gasteiger partial charge in [-0.2, -0.15) is 0 Å². The topological polar surface area (TPSA) is 35.5 Å². The molecule has 1 rings (SSSR count). The van der Waals surface area contributed by atoms with Crippen molar-refractivity contribution < 1.29 is 14.6 Å². The Morgan fingerprint density at radius 2 is 1.86 bits per heavy atom. The minimum atomic E-state index is -0.517. The van der Waals surface area contributed by atoms with E-state index >= 15 is 0 Å². The molecule has 0 aliphatic heterocycles. The lowest BCUT2D eigenvalue weighted by atomic mass is 10.1. The first kappa shape index (κ1) is 10.3. The van der Waals surface area contributed by atoms with Crippen LogP contribution in [0, 0.1) is 13.8 Å². The third-order valence-corrected chi connectivity index (χ3v) is 1.65. The summed E-state index contributed by atoms with van der Waals surface area (Å²) in [5.41, 5.74) is 2.50. The number of rotatable bonds is 3. The van der Waals surface area contributed by atoms with Crippen LogP contribution in [0.15, 0.2) is 31.0 Å². The van der Waals surface area contributed by atoms with Gasteiger partial charge in [0.05, 0.1) is 5.56 Å². The lowest BCUT2D eigenvalue weighted by Gasteiger charge is -2.02. The number of aryl methyl sites for hydroxylation is 2. The maximum atomic E-state index is 11.3. The van der Waals surface area contributed by atoms with Gasteiger partial charge in [0.1, 0.15) is 6.26 Å². The number of benzene rings is 1. The first-order chi connectivity index (χ1) is 6.63. The maximum absolute atomic E-state index is 11.3. The fourth-order valence-corrected chi connectivity index (χ4v) is 1.22. The van der Waals surface area contributed by atoms with Crippen LogP contribution in [0.2, 0.25) is 0 Å². The summed E-state index contributed by atoms with van der Waals surface area (Å²) < 4.78 is 0. The largest absolute Gasteiger partial charge is 0.386 e. The van der Waals surface area contributed by atoms with E-state index in [1.54, 1.807) is 12.1 Å². The third kappa shape index (κ3) is 2.62. The van der Waals surface area contributed by atoms with E-state index in [1.165, 1.54) is 0 Å². The second-order valence-corrected chi connectivity index (χ2v) is 3.01. The van der Waals surface area contributed by atoms with E-state index < -0.39 is 5.97 Å². The molecule has 0 aliphatic carbocycles. The molecule has 0 fully saturated rings. The van der Waals surface area contributed by atoms with Gasteiger partial charge in [0.15, 0.2) is 0 Å². The fourth-order valence-electron chi connectivity index (χ4n) is 1.22. The Balaban J connectivity index is 2.84. The Morgan fingerprint density at radius 1 is 1.29 bits per heavy atom. The monoisotopic (exact) mass is 192 g/mol. The van der Waals surface area contributed by atoms with Gasteiger partial charge in [0.2, 0.25) is 0 Å². The highest BCUT2D eigenvalue weighted by Crippen LogP contribution is 2.10. The van der Waals surface area contributed by atoms with E-state index in [2.05, 4.69) is 16.4 Å². The minimum absolute atomic E-state index is 0.476. The number of hydrogen-bond acceptors (Lipinski definition) is 3. The molecule has 3 nitrogen and oxygen atoms in total. The lowest BCUT2D eigenvalue weighted by molar-refractivity contribution is -0.190. The third-order valence-electron chi connectivity index (χ3n) is 1.65. The predicted molar refractivity (Wildman–Crippen MR) is 52.6 cm³/mol. The van der Waals surface area contributed by atoms with Crippen LogP contribution in [-0.4, -0.2) is 5.97 Å². The molecular formula is C11H12O3. The van der Waals surface area contributed by atoms with Crippen LogP contribution in [-0.2, 0) is 9.78 Å². The average Bonchev–Trinajstić information content (AvgIpc) is 2.12. The maximum Gasteiger partial charge on any atom is 0.386 e. The molecule has 74 valence electrons. The molecule has 0 amide bonds. The zero-order valence-electron chi connectivity index (χ0n) is 8.24. The van der Waals surface area contributed by atoms with Crippen molar-refractivity contribution in [2.45, 2.75) is 13.8 Å². The van der Waals surface area contributed by atoms with Gasteiger partial charge in [-0.3, -0.25) is 4.89 Å². The molecule has 3 heteroatoms. The van der Waals surface area contributed by atoms with Gasteiger partial charge in [0, 0.05) is 0 Å². The Kier molecular flexibility index (Phi) is 3.29. The van der Waals surface area contributed by atoms with Crippen LogP contribution < -0.4 is 0 Å². The van der Waals surface area contributed by atoms with Crippen molar-refractivity contribution in [1.29, 1.82) is 0 Å². The first-order valence-corrected chi connectivity index (χ1v) is 4.20. The van der Waals surface area contributed by atoms with Crippen LogP contribution in [0.5, 0.6) is 0 Å². The molecule has 0 spiro atoms. The predicted octanol–water partition coefficient (Wildman–Crippen LogP) is 2.54. The van der Waals surface area contributed by atoms with Crippen LogP contribution in [0.25, 0.3) is 0 Å². The molecule has 1 aromatic carbocycles. The molecule has 0 saturated heterocycles. The molecule has 0 unspecified atom stereocenters. The molecule has 0 heterocycles. The van der Waals surface area contributed by atoms with Gasteiger partial charge < -0.3 is 0 Å². The smallest absolute Gasteiger partial charge is 0.295 e. The highest BCUT2D eigenvalue weighted by atomic mass is 17.2. The van der Waals surface area contributed by atoms with Gasteiger partial charge in [-0.15, -0.1) is 0 Å². The quantitative estimate of drug-likeness (QED) is 0.419. The summed E-state index contributed by atoms with van der Waals surface area (Å²) in [6.07, 6.45) is 1.06. The molecule has 0 radical (unpaired) electrons. The molecule has 0 N–H and O–H groups in total. The number of hydrogen-bond donors (Lipinski definition) is 0. The SMILES string of the molecule is C=COOC(=O)c1cc(C)cc(C)c1. The summed E-state index contributed by atoms with van der Waals surface area (Å²) in [5, 5.41) is 0. The molecular weight excluding hydrogens is 180 g/mol. The minimum Gasteiger partial charge on any atom is -0.295 e. The molecule has 0 bridgehead atoms. The van der Waals surface area contributed by atoms with Crippen molar-refractivity contribution in [3.63, 3.8) is 0 Å². The standard InChI is InChI=1S/C11H12O3/c1-4-13-14-11(12)10-6-8(2)5-9(3)7-10/h4-7H,1H2,2-3H3. The normalized spacial score (nSPS) is 9.29. The van der Waals surface area contributed by atoms with Crippen LogP contribution >= 0.6 is 0 Å². The zero-order valence-corrected chi connectivity index (χ0v) is 8.24. The molecule has 0 saturated carbocycles. The number of carbonyl (C=O) groups excluding carboxylic acids is 1. The molecule has 1 aromatic rings. The van der Waals surface area contributed by atoms with Gasteiger partial charge in [-0.25, -0.2) is 9.68 Å². The van der Waals surface area contributed by atoms with E-state index in [0.29, 0.717) is 5.56 Å². The van der Waals surface area contributed by atoms with Crippen molar-refractivity contribution >= 4 is 5.97 Å². The van der Waals surface area contributed by atoms with Crippen LogP contribution in [0.1, 0.15) is 21.5 Å². The van der Waals surface area contributed by atoms with Gasteiger partial charge in [-0.1, -0.05) is 23.8 Å². The highest BCUT2D eigenvalue weighted by Gasteiger charge is 2.08. The van der Waals surface area contributed by atoms with Crippen LogP contribution in [0.4, 0.5) is 0 Å². The summed E-state index contributed by atoms with van der Waals surface area (Å²) in [7, 11) is 0. The van der Waals surface area contributed by atoms with E-state index in [0.717, 1.165) is 17.4 Å².